The molecule has 0 aliphatic heterocycles. The lowest BCUT2D eigenvalue weighted by Gasteiger charge is -2.25. The predicted octanol–water partition coefficient (Wildman–Crippen LogP) is 3.08. The Balaban J connectivity index is 1.25. The summed E-state index contributed by atoms with van der Waals surface area (Å²) in [6, 6.07) is 16.0. The predicted molar refractivity (Wildman–Crippen MR) is 125 cm³/mol. The molecule has 8 nitrogen and oxygen atoms in total. The number of alkyl carbamates (subject to hydrolysis) is 1. The van der Waals surface area contributed by atoms with Crippen LogP contribution in [-0.2, 0) is 19.1 Å². The molecule has 3 N–H and O–H groups in total. The normalized spacial score (nSPS) is 18.6. The molecule has 2 aromatic carbocycles. The van der Waals surface area contributed by atoms with Crippen molar-refractivity contribution in [2.45, 2.75) is 24.8 Å². The van der Waals surface area contributed by atoms with Crippen molar-refractivity contribution in [3.63, 3.8) is 0 Å². The van der Waals surface area contributed by atoms with E-state index in [4.69, 9.17) is 14.6 Å². The van der Waals surface area contributed by atoms with Crippen LogP contribution in [0, 0.1) is 5.92 Å². The van der Waals surface area contributed by atoms with Gasteiger partial charge < -0.3 is 25.2 Å². The number of carboxylic acids is 1. The fourth-order valence-electron chi connectivity index (χ4n) is 4.55. The minimum atomic E-state index is -1.05. The van der Waals surface area contributed by atoms with Crippen molar-refractivity contribution in [3.05, 3.63) is 71.8 Å². The first kappa shape index (κ1) is 23.5. The van der Waals surface area contributed by atoms with E-state index in [0.717, 1.165) is 11.1 Å². The van der Waals surface area contributed by atoms with Crippen molar-refractivity contribution in [2.24, 2.45) is 5.92 Å². The fourth-order valence-corrected chi connectivity index (χ4v) is 4.55. The summed E-state index contributed by atoms with van der Waals surface area (Å²) < 4.78 is 10.5. The number of ether oxygens (including phenoxy) is 2. The molecule has 0 spiro atoms. The topological polar surface area (TPSA) is 114 Å². The van der Waals surface area contributed by atoms with E-state index in [1.165, 1.54) is 11.1 Å². The van der Waals surface area contributed by atoms with E-state index in [2.05, 4.69) is 34.9 Å². The number of rotatable bonds is 9. The second-order valence-electron chi connectivity index (χ2n) is 8.41. The Hall–Kier alpha value is -3.65. The number of nitrogens with one attached hydrogen (secondary N) is 2. The van der Waals surface area contributed by atoms with E-state index in [1.807, 2.05) is 36.4 Å². The smallest absolute Gasteiger partial charge is 0.407 e. The van der Waals surface area contributed by atoms with Gasteiger partial charge in [-0.15, -0.1) is 0 Å². The second kappa shape index (κ2) is 11.0. The molecule has 2 aliphatic carbocycles. The molecular weight excluding hydrogens is 436 g/mol. The highest BCUT2D eigenvalue weighted by Crippen LogP contribution is 2.44. The summed E-state index contributed by atoms with van der Waals surface area (Å²) in [4.78, 5) is 35.4. The molecule has 4 rings (SSSR count). The van der Waals surface area contributed by atoms with E-state index in [-0.39, 0.29) is 43.5 Å². The number of carboxylic acid groups (broad SMARTS) is 1. The first-order valence-corrected chi connectivity index (χ1v) is 11.4. The van der Waals surface area contributed by atoms with Gasteiger partial charge in [-0.2, -0.15) is 0 Å². The third kappa shape index (κ3) is 5.63. The third-order valence-electron chi connectivity index (χ3n) is 6.12. The zero-order valence-electron chi connectivity index (χ0n) is 18.7. The van der Waals surface area contributed by atoms with Gasteiger partial charge >= 0.3 is 12.1 Å². The van der Waals surface area contributed by atoms with Gasteiger partial charge in [0.1, 0.15) is 13.2 Å². The van der Waals surface area contributed by atoms with Crippen LogP contribution in [0.15, 0.2) is 60.7 Å². The number of aliphatic carboxylic acids is 1. The molecule has 2 aliphatic rings. The quantitative estimate of drug-likeness (QED) is 0.388. The van der Waals surface area contributed by atoms with Gasteiger partial charge in [0.05, 0.1) is 12.6 Å². The molecule has 8 heteroatoms. The van der Waals surface area contributed by atoms with Crippen molar-refractivity contribution in [3.8, 4) is 11.1 Å². The Morgan fingerprint density at radius 1 is 1.00 bits per heavy atom. The molecule has 0 saturated heterocycles. The average Bonchev–Trinajstić information content (AvgIpc) is 3.16. The van der Waals surface area contributed by atoms with Crippen LogP contribution in [0.2, 0.25) is 0 Å². The van der Waals surface area contributed by atoms with Crippen molar-refractivity contribution in [2.75, 3.05) is 26.4 Å². The van der Waals surface area contributed by atoms with Crippen LogP contribution in [0.1, 0.15) is 29.9 Å². The maximum atomic E-state index is 12.5. The molecule has 2 atom stereocenters. The Morgan fingerprint density at radius 3 is 2.35 bits per heavy atom. The molecule has 0 radical (unpaired) electrons. The zero-order valence-corrected chi connectivity index (χ0v) is 18.7. The van der Waals surface area contributed by atoms with E-state index >= 15 is 0 Å². The van der Waals surface area contributed by atoms with E-state index in [1.54, 1.807) is 0 Å². The van der Waals surface area contributed by atoms with Crippen molar-refractivity contribution >= 4 is 18.0 Å². The first-order valence-electron chi connectivity index (χ1n) is 11.4. The highest BCUT2D eigenvalue weighted by Gasteiger charge is 2.30. The Morgan fingerprint density at radius 2 is 1.68 bits per heavy atom. The van der Waals surface area contributed by atoms with Crippen molar-refractivity contribution < 1.29 is 29.0 Å². The number of benzene rings is 2. The van der Waals surface area contributed by atoms with Gasteiger partial charge in [0.2, 0.25) is 5.91 Å². The van der Waals surface area contributed by atoms with Gasteiger partial charge in [0.25, 0.3) is 0 Å². The summed E-state index contributed by atoms with van der Waals surface area (Å²) in [5.41, 5.74) is 4.64. The van der Waals surface area contributed by atoms with Gasteiger partial charge in [0.15, 0.2) is 0 Å². The number of amides is 2. The largest absolute Gasteiger partial charge is 0.480 e. The van der Waals surface area contributed by atoms with E-state index in [0.29, 0.717) is 12.8 Å². The first-order chi connectivity index (χ1) is 16.5. The van der Waals surface area contributed by atoms with Crippen LogP contribution < -0.4 is 10.6 Å². The molecule has 0 saturated carbocycles. The fraction of sp³-hybridized carbons (Fsp3) is 0.346. The highest BCUT2D eigenvalue weighted by molar-refractivity contribution is 5.80. The maximum absolute atomic E-state index is 12.5. The summed E-state index contributed by atoms with van der Waals surface area (Å²) >= 11 is 0. The van der Waals surface area contributed by atoms with Gasteiger partial charge in [-0.05, 0) is 35.1 Å². The molecule has 0 bridgehead atoms. The molecule has 0 fully saturated rings. The van der Waals surface area contributed by atoms with Gasteiger partial charge in [0, 0.05) is 18.4 Å². The van der Waals surface area contributed by atoms with Gasteiger partial charge in [-0.25, -0.2) is 9.59 Å². The van der Waals surface area contributed by atoms with E-state index in [9.17, 15) is 14.4 Å². The standard InChI is InChI=1S/C26H28N2O6/c29-24(30)16-33-13-12-27-25(31)17-6-5-7-18(14-17)28-26(32)34-15-23-21-10-3-1-8-19(21)20-9-2-4-11-22(20)23/h1-5,7-11,17-18,23H,6,12-16H2,(H,27,31)(H,28,32)(H,29,30)/t17-,18-/m1/s1. The van der Waals surface area contributed by atoms with Crippen LogP contribution in [-0.4, -0.2) is 55.5 Å². The molecular formula is C26H28N2O6. The average molecular weight is 465 g/mol. The minimum absolute atomic E-state index is 0.0121. The lowest BCUT2D eigenvalue weighted by molar-refractivity contribution is -0.142. The molecule has 0 aromatic heterocycles. The Kier molecular flexibility index (Phi) is 7.59. The van der Waals surface area contributed by atoms with Crippen LogP contribution in [0.4, 0.5) is 4.79 Å². The monoisotopic (exact) mass is 464 g/mol. The van der Waals surface area contributed by atoms with Crippen LogP contribution >= 0.6 is 0 Å². The summed E-state index contributed by atoms with van der Waals surface area (Å²) in [6.07, 6.45) is 4.27. The Labute approximate surface area is 198 Å². The third-order valence-corrected chi connectivity index (χ3v) is 6.12. The summed E-state index contributed by atoms with van der Waals surface area (Å²) in [6.45, 7) is 0.198. The number of carbonyl (C=O) groups excluding carboxylic acids is 2. The number of carbonyl (C=O) groups is 3. The lowest BCUT2D eigenvalue weighted by Crippen LogP contribution is -2.41. The molecule has 34 heavy (non-hydrogen) atoms. The lowest BCUT2D eigenvalue weighted by atomic mass is 9.90. The summed E-state index contributed by atoms with van der Waals surface area (Å²) in [5, 5.41) is 14.1. The van der Waals surface area contributed by atoms with Crippen LogP contribution in [0.3, 0.4) is 0 Å². The number of allylic oxidation sites excluding steroid dienone is 1. The highest BCUT2D eigenvalue weighted by atomic mass is 16.5. The van der Waals surface area contributed by atoms with E-state index < -0.39 is 18.7 Å². The number of hydrogen-bond acceptors (Lipinski definition) is 5. The number of fused-ring (bicyclic) bond motifs is 3. The zero-order chi connectivity index (χ0) is 23.9. The molecule has 178 valence electrons. The minimum Gasteiger partial charge on any atom is -0.480 e. The molecule has 0 unspecified atom stereocenters. The molecule has 0 heterocycles. The van der Waals surface area contributed by atoms with Gasteiger partial charge in [-0.1, -0.05) is 60.7 Å². The molecule has 2 aromatic rings. The second-order valence-corrected chi connectivity index (χ2v) is 8.41. The Bertz CT molecular complexity index is 1040. The van der Waals surface area contributed by atoms with Crippen molar-refractivity contribution in [1.29, 1.82) is 0 Å². The maximum Gasteiger partial charge on any atom is 0.407 e. The summed E-state index contributed by atoms with van der Waals surface area (Å²) in [7, 11) is 0. The number of hydrogen-bond donors (Lipinski definition) is 3. The van der Waals surface area contributed by atoms with Crippen LogP contribution in [0.5, 0.6) is 0 Å². The molecule has 2 amide bonds. The summed E-state index contributed by atoms with van der Waals surface area (Å²) in [5.74, 6) is -1.50. The van der Waals surface area contributed by atoms with Gasteiger partial charge in [-0.3, -0.25) is 4.79 Å². The SMILES string of the molecule is O=C(O)COCCNC(=O)[C@@H]1CC=C[C@@H](NC(=O)OCC2c3ccccc3-c3ccccc32)C1. The van der Waals surface area contributed by atoms with Crippen LogP contribution in [0.25, 0.3) is 11.1 Å². The van der Waals surface area contributed by atoms with Crippen molar-refractivity contribution in [1.82, 2.24) is 10.6 Å².